The van der Waals surface area contributed by atoms with Gasteiger partial charge in [0.05, 0.1) is 5.52 Å². The average molecular weight is 286 g/mol. The van der Waals surface area contributed by atoms with Crippen molar-refractivity contribution in [1.29, 1.82) is 0 Å². The van der Waals surface area contributed by atoms with E-state index in [1.165, 1.54) is 10.6 Å². The second-order valence-electron chi connectivity index (χ2n) is 4.41. The number of fused-ring (bicyclic) bond motifs is 1. The Labute approximate surface area is 112 Å². The number of nitrogens with zero attached hydrogens (tertiary/aromatic N) is 1. The number of pyridine rings is 1. The van der Waals surface area contributed by atoms with Crippen molar-refractivity contribution >= 4 is 16.6 Å². The van der Waals surface area contributed by atoms with E-state index in [0.717, 1.165) is 0 Å². The largest absolute Gasteiger partial charge is 0.416 e. The highest BCUT2D eigenvalue weighted by molar-refractivity contribution is 5.91. The van der Waals surface area contributed by atoms with E-state index in [-0.39, 0.29) is 11.2 Å². The summed E-state index contributed by atoms with van der Waals surface area (Å²) >= 11 is 0. The van der Waals surface area contributed by atoms with Crippen LogP contribution in [0, 0.1) is 0 Å². The van der Waals surface area contributed by atoms with Gasteiger partial charge in [0.15, 0.2) is 6.10 Å². The van der Waals surface area contributed by atoms with Crippen LogP contribution in [0.2, 0.25) is 0 Å². The Bertz CT molecular complexity index is 679. The molecule has 1 heterocycles. The van der Waals surface area contributed by atoms with Crippen LogP contribution in [0.5, 0.6) is 0 Å². The van der Waals surface area contributed by atoms with Crippen molar-refractivity contribution in [3.8, 4) is 0 Å². The summed E-state index contributed by atoms with van der Waals surface area (Å²) in [5.41, 5.74) is 0.531. The van der Waals surface area contributed by atoms with Crippen molar-refractivity contribution in [2.75, 3.05) is 11.9 Å². The number of aliphatic hydroxyl groups excluding tert-OH is 1. The number of aryl methyl sites for hydroxylation is 1. The van der Waals surface area contributed by atoms with Crippen LogP contribution in [0.25, 0.3) is 10.9 Å². The minimum Gasteiger partial charge on any atom is -0.382 e. The second-order valence-corrected chi connectivity index (χ2v) is 4.41. The van der Waals surface area contributed by atoms with Gasteiger partial charge in [0.25, 0.3) is 5.56 Å². The summed E-state index contributed by atoms with van der Waals surface area (Å²) in [6.07, 6.45) is -7.17. The van der Waals surface area contributed by atoms with Crippen LogP contribution in [0.1, 0.15) is 0 Å². The van der Waals surface area contributed by atoms with Gasteiger partial charge in [-0.25, -0.2) is 0 Å². The third kappa shape index (κ3) is 2.77. The summed E-state index contributed by atoms with van der Waals surface area (Å²) in [5, 5.41) is 12.1. The molecule has 0 aliphatic rings. The third-order valence-electron chi connectivity index (χ3n) is 3.02. The summed E-state index contributed by atoms with van der Waals surface area (Å²) < 4.78 is 38.2. The van der Waals surface area contributed by atoms with Gasteiger partial charge in [-0.3, -0.25) is 4.79 Å². The molecule has 0 radical (unpaired) electrons. The molecule has 0 aliphatic heterocycles. The highest BCUT2D eigenvalue weighted by Gasteiger charge is 2.37. The summed E-state index contributed by atoms with van der Waals surface area (Å²) in [6, 6.07) is 8.05. The molecule has 2 aromatic rings. The fraction of sp³-hybridized carbons (Fsp3) is 0.308. The Balaban J connectivity index is 2.36. The topological polar surface area (TPSA) is 54.3 Å². The third-order valence-corrected chi connectivity index (χ3v) is 3.02. The monoisotopic (exact) mass is 286 g/mol. The van der Waals surface area contributed by atoms with Gasteiger partial charge in [-0.2, -0.15) is 13.2 Å². The van der Waals surface area contributed by atoms with Gasteiger partial charge < -0.3 is 15.0 Å². The van der Waals surface area contributed by atoms with Gasteiger partial charge in [-0.1, -0.05) is 18.2 Å². The summed E-state index contributed by atoms with van der Waals surface area (Å²) in [4.78, 5) is 11.7. The number of halogens is 3. The van der Waals surface area contributed by atoms with E-state index < -0.39 is 18.8 Å². The summed E-state index contributed by atoms with van der Waals surface area (Å²) in [6.45, 7) is -0.708. The molecule has 0 aliphatic carbocycles. The molecule has 0 bridgehead atoms. The van der Waals surface area contributed by atoms with Crippen molar-refractivity contribution in [3.05, 3.63) is 40.7 Å². The zero-order valence-corrected chi connectivity index (χ0v) is 10.6. The van der Waals surface area contributed by atoms with Crippen LogP contribution in [-0.4, -0.2) is 28.5 Å². The maximum Gasteiger partial charge on any atom is 0.416 e. The van der Waals surface area contributed by atoms with E-state index in [0.29, 0.717) is 10.9 Å². The normalized spacial score (nSPS) is 13.4. The number of para-hydroxylation sites is 1. The first kappa shape index (κ1) is 14.4. The minimum atomic E-state index is -4.69. The molecule has 108 valence electrons. The lowest BCUT2D eigenvalue weighted by atomic mass is 10.1. The highest BCUT2D eigenvalue weighted by Crippen LogP contribution is 2.23. The first-order valence-corrected chi connectivity index (χ1v) is 5.88. The molecule has 1 unspecified atom stereocenters. The second kappa shape index (κ2) is 5.16. The Morgan fingerprint density at radius 2 is 2.00 bits per heavy atom. The number of anilines is 1. The molecule has 0 amide bonds. The van der Waals surface area contributed by atoms with E-state index in [1.54, 1.807) is 31.3 Å². The maximum absolute atomic E-state index is 12.3. The number of hydrogen-bond acceptors (Lipinski definition) is 3. The number of hydrogen-bond donors (Lipinski definition) is 2. The number of rotatable bonds is 3. The van der Waals surface area contributed by atoms with Gasteiger partial charge >= 0.3 is 6.18 Å². The van der Waals surface area contributed by atoms with Crippen LogP contribution < -0.4 is 10.9 Å². The lowest BCUT2D eigenvalue weighted by molar-refractivity contribution is -0.198. The van der Waals surface area contributed by atoms with Gasteiger partial charge in [-0.05, 0) is 6.07 Å². The molecule has 4 nitrogen and oxygen atoms in total. The molecule has 7 heteroatoms. The molecule has 0 saturated carbocycles. The van der Waals surface area contributed by atoms with E-state index in [2.05, 4.69) is 5.32 Å². The summed E-state index contributed by atoms with van der Waals surface area (Å²) in [5.74, 6) is 0. The molecule has 2 N–H and O–H groups in total. The molecular weight excluding hydrogens is 273 g/mol. The van der Waals surface area contributed by atoms with Crippen LogP contribution in [0.4, 0.5) is 18.9 Å². The van der Waals surface area contributed by atoms with Crippen molar-refractivity contribution in [2.24, 2.45) is 7.05 Å². The number of alkyl halides is 3. The van der Waals surface area contributed by atoms with Crippen LogP contribution in [0.3, 0.4) is 0 Å². The average Bonchev–Trinajstić information content (AvgIpc) is 2.40. The molecule has 0 spiro atoms. The van der Waals surface area contributed by atoms with E-state index in [1.807, 2.05) is 0 Å². The van der Waals surface area contributed by atoms with E-state index in [9.17, 15) is 18.0 Å². The maximum atomic E-state index is 12.3. The Morgan fingerprint density at radius 1 is 1.35 bits per heavy atom. The Hall–Kier alpha value is -2.02. The van der Waals surface area contributed by atoms with E-state index in [4.69, 9.17) is 5.11 Å². The molecule has 2 rings (SSSR count). The van der Waals surface area contributed by atoms with Gasteiger partial charge in [0.1, 0.15) is 0 Å². The zero-order chi connectivity index (χ0) is 14.9. The first-order valence-electron chi connectivity index (χ1n) is 5.88. The van der Waals surface area contributed by atoms with Crippen LogP contribution in [0.15, 0.2) is 35.1 Å². The predicted octanol–water partition coefficient (Wildman–Crippen LogP) is 1.87. The molecule has 0 fully saturated rings. The van der Waals surface area contributed by atoms with Crippen molar-refractivity contribution in [3.63, 3.8) is 0 Å². The number of benzene rings is 1. The number of aromatic nitrogens is 1. The van der Waals surface area contributed by atoms with Crippen molar-refractivity contribution in [1.82, 2.24) is 4.57 Å². The van der Waals surface area contributed by atoms with Crippen LogP contribution >= 0.6 is 0 Å². The zero-order valence-electron chi connectivity index (χ0n) is 10.6. The fourth-order valence-corrected chi connectivity index (χ4v) is 1.88. The molecule has 1 atom stereocenters. The quantitative estimate of drug-likeness (QED) is 0.905. The lowest BCUT2D eigenvalue weighted by Crippen LogP contribution is -2.35. The minimum absolute atomic E-state index is 0.270. The molecule has 20 heavy (non-hydrogen) atoms. The molecule has 0 saturated heterocycles. The van der Waals surface area contributed by atoms with Crippen LogP contribution in [-0.2, 0) is 7.05 Å². The standard InChI is InChI=1S/C13H13F3N2O2/c1-18-10-5-3-2-4-8(10)9(6-12(18)20)17-7-11(19)13(14,15)16/h2-6,11,17,19H,7H2,1H3. The number of nitrogens with one attached hydrogen (secondary N) is 1. The van der Waals surface area contributed by atoms with Gasteiger partial charge in [-0.15, -0.1) is 0 Å². The molecule has 1 aromatic carbocycles. The molecule has 1 aromatic heterocycles. The Morgan fingerprint density at radius 3 is 2.65 bits per heavy atom. The van der Waals surface area contributed by atoms with Gasteiger partial charge in [0, 0.05) is 30.7 Å². The molecular formula is C13H13F3N2O2. The number of aliphatic hydroxyl groups is 1. The SMILES string of the molecule is Cn1c(=O)cc(NCC(O)C(F)(F)F)c2ccccc21. The Kier molecular flexibility index (Phi) is 3.71. The highest BCUT2D eigenvalue weighted by atomic mass is 19.4. The van der Waals surface area contributed by atoms with Crippen molar-refractivity contribution < 1.29 is 18.3 Å². The smallest absolute Gasteiger partial charge is 0.382 e. The van der Waals surface area contributed by atoms with E-state index >= 15 is 0 Å². The summed E-state index contributed by atoms with van der Waals surface area (Å²) in [7, 11) is 1.58. The lowest BCUT2D eigenvalue weighted by Gasteiger charge is -2.17. The fourth-order valence-electron chi connectivity index (χ4n) is 1.88. The predicted molar refractivity (Wildman–Crippen MR) is 69.7 cm³/mol. The first-order chi connectivity index (χ1) is 9.30. The van der Waals surface area contributed by atoms with Gasteiger partial charge in [0.2, 0.25) is 0 Å². The van der Waals surface area contributed by atoms with Crippen molar-refractivity contribution in [2.45, 2.75) is 12.3 Å².